The summed E-state index contributed by atoms with van der Waals surface area (Å²) >= 11 is 1.69. The van der Waals surface area contributed by atoms with Crippen LogP contribution in [0.15, 0.2) is 54.6 Å². The maximum Gasteiger partial charge on any atom is 0.299 e. The number of aromatic amines is 1. The molecule has 5 rings (SSSR count). The third kappa shape index (κ3) is 4.86. The highest BCUT2D eigenvalue weighted by atomic mass is 127. The fourth-order valence-corrected chi connectivity index (χ4v) is 4.81. The molecule has 196 valence electrons. The monoisotopic (exact) mass is 636 g/mol. The van der Waals surface area contributed by atoms with Crippen LogP contribution < -0.4 is 8.27 Å². The topological polar surface area (TPSA) is 159 Å². The number of aromatic nitrogens is 5. The van der Waals surface area contributed by atoms with Crippen LogP contribution >= 0.6 is 22.9 Å². The maximum atomic E-state index is 13.4. The fraction of sp³-hybridized carbons (Fsp3) is 0.192. The summed E-state index contributed by atoms with van der Waals surface area (Å²) in [6.07, 6.45) is 5.18. The zero-order chi connectivity index (χ0) is 27.5. The van der Waals surface area contributed by atoms with E-state index in [0.717, 1.165) is 11.1 Å². The van der Waals surface area contributed by atoms with E-state index < -0.39 is 17.6 Å². The van der Waals surface area contributed by atoms with Gasteiger partial charge in [-0.15, -0.1) is 5.10 Å². The average molecular weight is 636 g/mol. The first-order chi connectivity index (χ1) is 19.0. The molecule has 4 aromatic rings. The van der Waals surface area contributed by atoms with Crippen LogP contribution in [-0.4, -0.2) is 67.4 Å². The van der Waals surface area contributed by atoms with Crippen LogP contribution in [0.2, 0.25) is 0 Å². The number of halogens is 1. The molecule has 1 saturated heterocycles. The van der Waals surface area contributed by atoms with Crippen LogP contribution in [0.1, 0.15) is 39.4 Å². The number of hydrogen-bond donors (Lipinski definition) is 2. The fourth-order valence-electron chi connectivity index (χ4n) is 4.56. The van der Waals surface area contributed by atoms with E-state index in [-0.39, 0.29) is 17.2 Å². The molecular formula is C26H21IN8O4. The van der Waals surface area contributed by atoms with Gasteiger partial charge in [-0.05, 0) is 24.0 Å². The number of nitrogens with zero attached hydrogens (tertiary/aromatic N) is 6. The first-order valence-corrected chi connectivity index (χ1v) is 12.9. The number of hydrogen-bond acceptors (Lipinski definition) is 8. The number of piperidine rings is 1. The molecule has 0 unspecified atom stereocenters. The van der Waals surface area contributed by atoms with E-state index in [1.807, 2.05) is 30.3 Å². The number of fused-ring (bicyclic) bond motifs is 1. The third-order valence-electron chi connectivity index (χ3n) is 6.49. The summed E-state index contributed by atoms with van der Waals surface area (Å²) in [6, 6.07) is 11.7. The van der Waals surface area contributed by atoms with Gasteiger partial charge in [0.15, 0.2) is 5.82 Å². The van der Waals surface area contributed by atoms with Crippen molar-refractivity contribution in [2.24, 2.45) is 0 Å². The lowest BCUT2D eigenvalue weighted by atomic mass is 9.93. The quantitative estimate of drug-likeness (QED) is 0.108. The number of likely N-dealkylation sites (tertiary alicyclic amines) is 1. The lowest BCUT2D eigenvalue weighted by Crippen LogP contribution is -2.40. The zero-order valence-corrected chi connectivity index (χ0v) is 22.8. The number of pyridine rings is 1. The first-order valence-electron chi connectivity index (χ1n) is 11.8. The number of ether oxygens (including phenoxy) is 1. The van der Waals surface area contributed by atoms with Crippen LogP contribution in [0.4, 0.5) is 0 Å². The number of ketones is 1. The molecule has 0 spiro atoms. The lowest BCUT2D eigenvalue weighted by molar-refractivity contribution is -0.126. The van der Waals surface area contributed by atoms with E-state index in [2.05, 4.69) is 29.7 Å². The molecule has 3 aromatic heterocycles. The highest BCUT2D eigenvalue weighted by molar-refractivity contribution is 14.1. The standard InChI is InChI=1S/C26H21IN8O4/c1-39-19-13-30-24(35-14-31-23(33-35)25(37)32-27)21-20(19)18(12-29-21)22(36)26(38)34-9-7-16(8-10-34)17(11-28)15-5-3-2-4-6-15/h2-6,12-14,29H,7-10H2,1H3,(H,32,37). The van der Waals surface area contributed by atoms with Crippen LogP contribution in [0.25, 0.3) is 22.3 Å². The minimum atomic E-state index is -0.698. The van der Waals surface area contributed by atoms with E-state index in [1.54, 1.807) is 22.9 Å². The second-order valence-corrected chi connectivity index (χ2v) is 9.16. The third-order valence-corrected chi connectivity index (χ3v) is 6.98. The normalized spacial score (nSPS) is 13.2. The molecular weight excluding hydrogens is 615 g/mol. The predicted molar refractivity (Wildman–Crippen MR) is 148 cm³/mol. The van der Waals surface area contributed by atoms with E-state index >= 15 is 0 Å². The number of Topliss-reactive ketones (excluding diaryl/α,β-unsaturated/α-hetero) is 1. The van der Waals surface area contributed by atoms with Crippen molar-refractivity contribution >= 4 is 56.9 Å². The smallest absolute Gasteiger partial charge is 0.299 e. The first kappa shape index (κ1) is 26.0. The van der Waals surface area contributed by atoms with Gasteiger partial charge < -0.3 is 14.6 Å². The molecule has 0 bridgehead atoms. The van der Waals surface area contributed by atoms with E-state index in [9.17, 15) is 19.6 Å². The minimum absolute atomic E-state index is 0.0569. The molecule has 0 saturated carbocycles. The van der Waals surface area contributed by atoms with E-state index in [4.69, 9.17) is 4.74 Å². The van der Waals surface area contributed by atoms with Crippen molar-refractivity contribution in [2.45, 2.75) is 12.8 Å². The van der Waals surface area contributed by atoms with Crippen molar-refractivity contribution < 1.29 is 19.1 Å². The van der Waals surface area contributed by atoms with Crippen molar-refractivity contribution in [2.75, 3.05) is 20.2 Å². The van der Waals surface area contributed by atoms with Crippen molar-refractivity contribution in [1.82, 2.24) is 33.2 Å². The Morgan fingerprint density at radius 1 is 1.15 bits per heavy atom. The number of allylic oxidation sites excluding steroid dienone is 1. The van der Waals surface area contributed by atoms with Crippen LogP contribution in [0, 0.1) is 11.3 Å². The van der Waals surface area contributed by atoms with Gasteiger partial charge in [-0.2, -0.15) is 9.94 Å². The molecule has 4 heterocycles. The lowest BCUT2D eigenvalue weighted by Gasteiger charge is -2.28. The summed E-state index contributed by atoms with van der Waals surface area (Å²) in [5, 5.41) is 14.2. The molecule has 1 fully saturated rings. The molecule has 0 radical (unpaired) electrons. The van der Waals surface area contributed by atoms with Gasteiger partial charge in [0.2, 0.25) is 5.82 Å². The van der Waals surface area contributed by atoms with Gasteiger partial charge in [-0.1, -0.05) is 30.3 Å². The van der Waals surface area contributed by atoms with Gasteiger partial charge in [-0.25, -0.2) is 9.97 Å². The van der Waals surface area contributed by atoms with Gasteiger partial charge in [-0.3, -0.25) is 17.9 Å². The minimum Gasteiger partial charge on any atom is -0.494 e. The molecule has 2 amide bonds. The summed E-state index contributed by atoms with van der Waals surface area (Å²) in [4.78, 5) is 51.4. The maximum absolute atomic E-state index is 13.4. The van der Waals surface area contributed by atoms with Crippen molar-refractivity contribution in [1.29, 1.82) is 5.26 Å². The van der Waals surface area contributed by atoms with E-state index in [1.165, 1.54) is 35.4 Å². The highest BCUT2D eigenvalue weighted by Crippen LogP contribution is 2.32. The van der Waals surface area contributed by atoms with E-state index in [0.29, 0.717) is 48.2 Å². The predicted octanol–water partition coefficient (Wildman–Crippen LogP) is 3.01. The second kappa shape index (κ2) is 11.0. The molecule has 1 aromatic carbocycles. The SMILES string of the molecule is COc1cnc(-n2cnc(C(=O)NI)n2)c2[nH]cc(C(=O)C(=O)N3CCC(=C(C#N)c4ccccc4)CC3)c12. The number of amides is 2. The molecule has 0 atom stereocenters. The van der Waals surface area contributed by atoms with Crippen molar-refractivity contribution in [3.8, 4) is 17.6 Å². The Morgan fingerprint density at radius 2 is 1.90 bits per heavy atom. The van der Waals surface area contributed by atoms with Gasteiger partial charge in [0, 0.05) is 19.3 Å². The Kier molecular flexibility index (Phi) is 7.37. The molecule has 1 aliphatic heterocycles. The van der Waals surface area contributed by atoms with Crippen molar-refractivity contribution in [3.63, 3.8) is 0 Å². The van der Waals surface area contributed by atoms with Gasteiger partial charge in [0.25, 0.3) is 17.6 Å². The Balaban J connectivity index is 1.41. The molecule has 39 heavy (non-hydrogen) atoms. The highest BCUT2D eigenvalue weighted by Gasteiger charge is 2.30. The number of H-pyrrole nitrogens is 1. The van der Waals surface area contributed by atoms with Gasteiger partial charge in [0.05, 0.1) is 64.3 Å². The summed E-state index contributed by atoms with van der Waals surface area (Å²) < 4.78 is 9.16. The number of nitrogens with one attached hydrogen (secondary N) is 2. The molecule has 1 aliphatic rings. The number of benzene rings is 1. The van der Waals surface area contributed by atoms with Crippen LogP contribution in [0.5, 0.6) is 5.75 Å². The number of rotatable bonds is 6. The Hall–Kier alpha value is -4.58. The molecule has 2 N–H and O–H groups in total. The number of nitriles is 1. The Labute approximate surface area is 236 Å². The summed E-state index contributed by atoms with van der Waals surface area (Å²) in [7, 11) is 1.44. The van der Waals surface area contributed by atoms with Crippen LogP contribution in [-0.2, 0) is 4.79 Å². The molecule has 13 heteroatoms. The summed E-state index contributed by atoms with van der Waals surface area (Å²) in [6.45, 7) is 0.648. The summed E-state index contributed by atoms with van der Waals surface area (Å²) in [5.41, 5.74) is 2.94. The van der Waals surface area contributed by atoms with Gasteiger partial charge in [0.1, 0.15) is 12.1 Å². The zero-order valence-electron chi connectivity index (χ0n) is 20.6. The molecule has 12 nitrogen and oxygen atoms in total. The largest absolute Gasteiger partial charge is 0.494 e. The number of carbonyl (C=O) groups excluding carboxylic acids is 3. The van der Waals surface area contributed by atoms with Crippen LogP contribution in [0.3, 0.4) is 0 Å². The average Bonchev–Trinajstić information content (AvgIpc) is 3.65. The Bertz CT molecular complexity index is 1660. The Morgan fingerprint density at radius 3 is 2.56 bits per heavy atom. The number of carbonyl (C=O) groups is 3. The summed E-state index contributed by atoms with van der Waals surface area (Å²) in [5.74, 6) is -1.31. The van der Waals surface area contributed by atoms with Gasteiger partial charge >= 0.3 is 0 Å². The molecule has 0 aliphatic carbocycles. The second-order valence-electron chi connectivity index (χ2n) is 8.62. The number of methoxy groups -OCH3 is 1. The van der Waals surface area contributed by atoms with Crippen molar-refractivity contribution in [3.05, 3.63) is 71.6 Å².